The Balaban J connectivity index is 2.51. The molecular weight excluding hydrogens is 419 g/mol. The second-order valence-electron chi connectivity index (χ2n) is 7.37. The Morgan fingerprint density at radius 3 is 2.41 bits per heavy atom. The standard InChI is InChI=1S/C23H27FN2O6/c1-5-31-19(28)13-23(25,14(2)12-16-6-8-17(24)9-7-16)22(29)20-21(32-15(3)27)18(30-4)10-11-26-20/h6-11,14H,5,12-13,25H2,1-4H3. The van der Waals surface area contributed by atoms with Crippen LogP contribution in [0.2, 0.25) is 0 Å². The molecule has 2 unspecified atom stereocenters. The lowest BCUT2D eigenvalue weighted by Gasteiger charge is -2.33. The van der Waals surface area contributed by atoms with Crippen LogP contribution in [0, 0.1) is 11.7 Å². The fraction of sp³-hybridized carbons (Fsp3) is 0.391. The third-order valence-corrected chi connectivity index (χ3v) is 5.05. The third kappa shape index (κ3) is 5.88. The van der Waals surface area contributed by atoms with Gasteiger partial charge in [0.1, 0.15) is 5.82 Å². The average molecular weight is 446 g/mol. The summed E-state index contributed by atoms with van der Waals surface area (Å²) in [5, 5.41) is 0. The van der Waals surface area contributed by atoms with Crippen molar-refractivity contribution in [2.24, 2.45) is 11.7 Å². The number of ether oxygens (including phenoxy) is 3. The van der Waals surface area contributed by atoms with Crippen molar-refractivity contribution in [3.05, 3.63) is 53.6 Å². The van der Waals surface area contributed by atoms with Gasteiger partial charge in [0.2, 0.25) is 11.5 Å². The molecule has 32 heavy (non-hydrogen) atoms. The van der Waals surface area contributed by atoms with Crippen LogP contribution in [0.4, 0.5) is 4.39 Å². The highest BCUT2D eigenvalue weighted by molar-refractivity contribution is 6.06. The number of carbonyl (C=O) groups excluding carboxylic acids is 3. The van der Waals surface area contributed by atoms with Crippen molar-refractivity contribution in [1.82, 2.24) is 4.98 Å². The molecule has 0 saturated heterocycles. The van der Waals surface area contributed by atoms with E-state index in [1.54, 1.807) is 26.0 Å². The fourth-order valence-electron chi connectivity index (χ4n) is 3.30. The van der Waals surface area contributed by atoms with Gasteiger partial charge in [0.05, 0.1) is 25.7 Å². The number of carbonyl (C=O) groups is 3. The molecule has 0 saturated carbocycles. The number of nitrogens with two attached hydrogens (primary N) is 1. The Labute approximate surface area is 185 Å². The van der Waals surface area contributed by atoms with E-state index in [2.05, 4.69) is 4.98 Å². The largest absolute Gasteiger partial charge is 0.493 e. The highest BCUT2D eigenvalue weighted by Crippen LogP contribution is 2.35. The van der Waals surface area contributed by atoms with Gasteiger partial charge in [0.15, 0.2) is 11.4 Å². The van der Waals surface area contributed by atoms with Crippen LogP contribution in [-0.2, 0) is 20.7 Å². The number of Topliss-reactive ketones (excluding diaryl/α,β-unsaturated/α-hetero) is 1. The van der Waals surface area contributed by atoms with Crippen molar-refractivity contribution in [2.75, 3.05) is 13.7 Å². The van der Waals surface area contributed by atoms with Crippen LogP contribution in [0.5, 0.6) is 11.5 Å². The van der Waals surface area contributed by atoms with Crippen molar-refractivity contribution in [2.45, 2.75) is 39.2 Å². The summed E-state index contributed by atoms with van der Waals surface area (Å²) < 4.78 is 28.7. The summed E-state index contributed by atoms with van der Waals surface area (Å²) in [6.07, 6.45) is 1.16. The number of esters is 2. The van der Waals surface area contributed by atoms with Gasteiger partial charge in [-0.1, -0.05) is 19.1 Å². The fourth-order valence-corrected chi connectivity index (χ4v) is 3.30. The molecule has 0 bridgehead atoms. The zero-order chi connectivity index (χ0) is 23.9. The minimum atomic E-state index is -1.76. The molecule has 0 aliphatic carbocycles. The van der Waals surface area contributed by atoms with E-state index in [9.17, 15) is 18.8 Å². The van der Waals surface area contributed by atoms with Crippen LogP contribution in [0.25, 0.3) is 0 Å². The first-order chi connectivity index (χ1) is 15.1. The number of halogens is 1. The van der Waals surface area contributed by atoms with Gasteiger partial charge >= 0.3 is 11.9 Å². The maximum atomic E-state index is 13.7. The molecule has 8 nitrogen and oxygen atoms in total. The molecule has 0 aliphatic rings. The first-order valence-electron chi connectivity index (χ1n) is 10.1. The maximum Gasteiger partial charge on any atom is 0.308 e. The first-order valence-corrected chi connectivity index (χ1v) is 10.1. The molecule has 2 aromatic rings. The van der Waals surface area contributed by atoms with E-state index in [4.69, 9.17) is 19.9 Å². The third-order valence-electron chi connectivity index (χ3n) is 5.05. The van der Waals surface area contributed by atoms with Crippen molar-refractivity contribution in [1.29, 1.82) is 0 Å². The monoisotopic (exact) mass is 446 g/mol. The minimum Gasteiger partial charge on any atom is -0.493 e. The van der Waals surface area contributed by atoms with Crippen LogP contribution in [0.1, 0.15) is 43.2 Å². The van der Waals surface area contributed by atoms with Gasteiger partial charge in [0, 0.05) is 19.2 Å². The number of rotatable bonds is 10. The predicted molar refractivity (Wildman–Crippen MR) is 114 cm³/mol. The molecule has 2 N–H and O–H groups in total. The molecule has 0 radical (unpaired) electrons. The molecule has 172 valence electrons. The molecule has 2 rings (SSSR count). The summed E-state index contributed by atoms with van der Waals surface area (Å²) in [7, 11) is 1.35. The second kappa shape index (κ2) is 10.8. The van der Waals surface area contributed by atoms with Crippen LogP contribution >= 0.6 is 0 Å². The number of nitrogens with zero attached hydrogens (tertiary/aromatic N) is 1. The number of hydrogen-bond acceptors (Lipinski definition) is 8. The van der Waals surface area contributed by atoms with E-state index in [1.807, 2.05) is 0 Å². The highest BCUT2D eigenvalue weighted by Gasteiger charge is 2.44. The summed E-state index contributed by atoms with van der Waals surface area (Å²) in [5.41, 5.74) is 5.30. The summed E-state index contributed by atoms with van der Waals surface area (Å²) in [6, 6.07) is 7.19. The van der Waals surface area contributed by atoms with Gasteiger partial charge in [-0.2, -0.15) is 0 Å². The number of benzene rings is 1. The van der Waals surface area contributed by atoms with Gasteiger partial charge in [0.25, 0.3) is 0 Å². The van der Waals surface area contributed by atoms with Crippen molar-refractivity contribution in [3.8, 4) is 11.5 Å². The van der Waals surface area contributed by atoms with E-state index in [1.165, 1.54) is 38.4 Å². The number of ketones is 1. The minimum absolute atomic E-state index is 0.114. The van der Waals surface area contributed by atoms with Gasteiger partial charge in [-0.15, -0.1) is 0 Å². The molecule has 1 aromatic carbocycles. The van der Waals surface area contributed by atoms with E-state index < -0.39 is 41.4 Å². The van der Waals surface area contributed by atoms with Gasteiger partial charge in [-0.05, 0) is 37.0 Å². The Bertz CT molecular complexity index is 979. The maximum absolute atomic E-state index is 13.7. The second-order valence-corrected chi connectivity index (χ2v) is 7.37. The van der Waals surface area contributed by atoms with E-state index in [0.29, 0.717) is 0 Å². The molecule has 1 aromatic heterocycles. The van der Waals surface area contributed by atoms with Crippen molar-refractivity contribution >= 4 is 17.7 Å². The van der Waals surface area contributed by atoms with Gasteiger partial charge in [-0.3, -0.25) is 14.4 Å². The Kier molecular flexibility index (Phi) is 8.42. The van der Waals surface area contributed by atoms with Crippen LogP contribution in [-0.4, -0.2) is 42.0 Å². The summed E-state index contributed by atoms with van der Waals surface area (Å²) in [5.74, 6) is -3.11. The normalized spacial score (nSPS) is 13.6. The summed E-state index contributed by atoms with van der Waals surface area (Å²) in [6.45, 7) is 4.63. The predicted octanol–water partition coefficient (Wildman–Crippen LogP) is 2.87. The Morgan fingerprint density at radius 2 is 1.84 bits per heavy atom. The quantitative estimate of drug-likeness (QED) is 0.437. The van der Waals surface area contributed by atoms with Crippen molar-refractivity contribution < 1.29 is 33.0 Å². The number of methoxy groups -OCH3 is 1. The molecule has 0 spiro atoms. The van der Waals surface area contributed by atoms with Crippen molar-refractivity contribution in [3.63, 3.8) is 0 Å². The van der Waals surface area contributed by atoms with Gasteiger partial charge < -0.3 is 19.9 Å². The lowest BCUT2D eigenvalue weighted by molar-refractivity contribution is -0.144. The summed E-state index contributed by atoms with van der Waals surface area (Å²) >= 11 is 0. The smallest absolute Gasteiger partial charge is 0.308 e. The zero-order valence-electron chi connectivity index (χ0n) is 18.5. The topological polar surface area (TPSA) is 118 Å². The summed E-state index contributed by atoms with van der Waals surface area (Å²) in [4.78, 5) is 41.7. The first kappa shape index (κ1) is 24.9. The molecule has 2 atom stereocenters. The molecule has 0 fully saturated rings. The van der Waals surface area contributed by atoms with E-state index in [0.717, 1.165) is 5.56 Å². The van der Waals surface area contributed by atoms with E-state index >= 15 is 0 Å². The SMILES string of the molecule is CCOC(=O)CC(N)(C(=O)c1nccc(OC)c1OC(C)=O)C(C)Cc1ccc(F)cc1. The number of hydrogen-bond donors (Lipinski definition) is 1. The van der Waals surface area contributed by atoms with Crippen LogP contribution in [0.15, 0.2) is 36.5 Å². The van der Waals surface area contributed by atoms with Crippen LogP contribution < -0.4 is 15.2 Å². The molecule has 1 heterocycles. The molecular formula is C23H27FN2O6. The molecule has 9 heteroatoms. The lowest BCUT2D eigenvalue weighted by atomic mass is 9.75. The Morgan fingerprint density at radius 1 is 1.19 bits per heavy atom. The number of aromatic nitrogens is 1. The highest BCUT2D eigenvalue weighted by atomic mass is 19.1. The lowest BCUT2D eigenvalue weighted by Crippen LogP contribution is -2.55. The molecule has 0 amide bonds. The average Bonchev–Trinajstić information content (AvgIpc) is 2.74. The van der Waals surface area contributed by atoms with E-state index in [-0.39, 0.29) is 30.2 Å². The molecule has 0 aliphatic heterocycles. The van der Waals surface area contributed by atoms with Crippen LogP contribution in [0.3, 0.4) is 0 Å². The van der Waals surface area contributed by atoms with Gasteiger partial charge in [-0.25, -0.2) is 9.37 Å². The zero-order valence-corrected chi connectivity index (χ0v) is 18.5. The number of pyridine rings is 1. The Hall–Kier alpha value is -3.33.